The smallest absolute Gasteiger partial charge is 0.326 e. The first-order valence-corrected chi connectivity index (χ1v) is 4.99. The van der Waals surface area contributed by atoms with Crippen molar-refractivity contribution < 1.29 is 14.7 Å². The van der Waals surface area contributed by atoms with E-state index in [-0.39, 0.29) is 5.41 Å². The maximum atomic E-state index is 11.6. The first kappa shape index (κ1) is 13.9. The van der Waals surface area contributed by atoms with Crippen molar-refractivity contribution in [2.75, 3.05) is 0 Å². The zero-order valence-electron chi connectivity index (χ0n) is 9.70. The van der Waals surface area contributed by atoms with Crippen LogP contribution in [0.25, 0.3) is 0 Å². The van der Waals surface area contributed by atoms with E-state index in [0.29, 0.717) is 6.42 Å². The second-order valence-electron chi connectivity index (χ2n) is 4.65. The Labute approximate surface area is 90.0 Å². The summed E-state index contributed by atoms with van der Waals surface area (Å²) in [4.78, 5) is 22.2. The molecular weight excluding hydrogens is 196 g/mol. The summed E-state index contributed by atoms with van der Waals surface area (Å²) in [5.74, 6) is -1.45. The van der Waals surface area contributed by atoms with Crippen LogP contribution in [0.3, 0.4) is 0 Å². The van der Waals surface area contributed by atoms with Gasteiger partial charge in [-0.1, -0.05) is 27.7 Å². The molecule has 0 aromatic carbocycles. The quantitative estimate of drug-likeness (QED) is 0.631. The highest BCUT2D eigenvalue weighted by molar-refractivity contribution is 5.87. The number of hydrogen-bond donors (Lipinski definition) is 3. The molecule has 0 saturated heterocycles. The molecule has 88 valence electrons. The summed E-state index contributed by atoms with van der Waals surface area (Å²) in [5, 5.41) is 11.2. The van der Waals surface area contributed by atoms with Gasteiger partial charge in [0.2, 0.25) is 5.91 Å². The number of carboxylic acids is 1. The lowest BCUT2D eigenvalue weighted by molar-refractivity contribution is -0.142. The molecule has 0 aliphatic carbocycles. The molecule has 1 unspecified atom stereocenters. The predicted molar refractivity (Wildman–Crippen MR) is 57.3 cm³/mol. The van der Waals surface area contributed by atoms with Gasteiger partial charge in [-0.05, 0) is 11.8 Å². The van der Waals surface area contributed by atoms with Gasteiger partial charge < -0.3 is 16.2 Å². The number of amides is 1. The van der Waals surface area contributed by atoms with E-state index in [1.807, 2.05) is 20.8 Å². The summed E-state index contributed by atoms with van der Waals surface area (Å²) in [6, 6.07) is -1.56. The van der Waals surface area contributed by atoms with E-state index in [2.05, 4.69) is 5.32 Å². The molecule has 15 heavy (non-hydrogen) atoms. The zero-order chi connectivity index (χ0) is 12.2. The molecule has 0 spiro atoms. The second kappa shape index (κ2) is 5.11. The van der Waals surface area contributed by atoms with E-state index in [1.165, 1.54) is 0 Å². The van der Waals surface area contributed by atoms with Crippen molar-refractivity contribution in [2.45, 2.75) is 46.2 Å². The lowest BCUT2D eigenvalue weighted by Crippen LogP contribution is -2.53. The summed E-state index contributed by atoms with van der Waals surface area (Å²) in [6.07, 6.45) is 0.345. The van der Waals surface area contributed by atoms with Crippen LogP contribution in [-0.4, -0.2) is 29.1 Å². The molecule has 0 aliphatic heterocycles. The molecule has 1 amide bonds. The van der Waals surface area contributed by atoms with Crippen LogP contribution in [0.15, 0.2) is 0 Å². The Bertz CT molecular complexity index is 246. The minimum absolute atomic E-state index is 0.345. The monoisotopic (exact) mass is 216 g/mol. The number of aliphatic carboxylic acids is 1. The minimum atomic E-state index is -1.04. The second-order valence-corrected chi connectivity index (χ2v) is 4.65. The minimum Gasteiger partial charge on any atom is -0.480 e. The van der Waals surface area contributed by atoms with Gasteiger partial charge in [-0.3, -0.25) is 4.79 Å². The Balaban J connectivity index is 4.42. The van der Waals surface area contributed by atoms with Crippen molar-refractivity contribution in [1.29, 1.82) is 0 Å². The predicted octanol–water partition coefficient (Wildman–Crippen LogP) is 0.339. The fraction of sp³-hybridized carbons (Fsp3) is 0.800. The molecule has 0 aromatic rings. The average molecular weight is 216 g/mol. The van der Waals surface area contributed by atoms with Crippen molar-refractivity contribution in [3.05, 3.63) is 0 Å². The molecule has 0 saturated carbocycles. The van der Waals surface area contributed by atoms with Gasteiger partial charge >= 0.3 is 5.97 Å². The van der Waals surface area contributed by atoms with Crippen molar-refractivity contribution in [3.8, 4) is 0 Å². The van der Waals surface area contributed by atoms with Gasteiger partial charge in [0.25, 0.3) is 0 Å². The Hall–Kier alpha value is -1.10. The largest absolute Gasteiger partial charge is 0.480 e. The number of carboxylic acid groups (broad SMARTS) is 1. The molecule has 0 radical (unpaired) electrons. The zero-order valence-corrected chi connectivity index (χ0v) is 9.70. The highest BCUT2D eigenvalue weighted by Gasteiger charge is 2.29. The van der Waals surface area contributed by atoms with Crippen LogP contribution in [0.4, 0.5) is 0 Å². The van der Waals surface area contributed by atoms with Crippen molar-refractivity contribution in [3.63, 3.8) is 0 Å². The van der Waals surface area contributed by atoms with Crippen LogP contribution in [-0.2, 0) is 9.59 Å². The van der Waals surface area contributed by atoms with Crippen LogP contribution in [0.2, 0.25) is 0 Å². The number of rotatable bonds is 4. The fourth-order valence-corrected chi connectivity index (χ4v) is 0.993. The van der Waals surface area contributed by atoms with Crippen molar-refractivity contribution in [2.24, 2.45) is 11.1 Å². The Kier molecular flexibility index (Phi) is 4.74. The number of nitrogens with two attached hydrogens (primary N) is 1. The molecule has 5 heteroatoms. The molecule has 0 aromatic heterocycles. The van der Waals surface area contributed by atoms with E-state index >= 15 is 0 Å². The van der Waals surface area contributed by atoms with Crippen LogP contribution in [0.5, 0.6) is 0 Å². The number of carbonyl (C=O) groups is 2. The van der Waals surface area contributed by atoms with E-state index in [0.717, 1.165) is 0 Å². The Morgan fingerprint density at radius 1 is 1.40 bits per heavy atom. The van der Waals surface area contributed by atoms with Crippen LogP contribution in [0.1, 0.15) is 34.1 Å². The maximum absolute atomic E-state index is 11.6. The highest BCUT2D eigenvalue weighted by atomic mass is 16.4. The third kappa shape index (κ3) is 4.29. The average Bonchev–Trinajstić information content (AvgIpc) is 2.10. The Morgan fingerprint density at radius 3 is 2.13 bits per heavy atom. The van der Waals surface area contributed by atoms with Gasteiger partial charge in [-0.2, -0.15) is 0 Å². The van der Waals surface area contributed by atoms with E-state index < -0.39 is 24.0 Å². The van der Waals surface area contributed by atoms with Gasteiger partial charge in [0.1, 0.15) is 6.04 Å². The van der Waals surface area contributed by atoms with E-state index in [4.69, 9.17) is 10.8 Å². The molecular formula is C10H20N2O3. The van der Waals surface area contributed by atoms with Crippen molar-refractivity contribution >= 4 is 11.9 Å². The lowest BCUT2D eigenvalue weighted by Gasteiger charge is -2.27. The number of carbonyl (C=O) groups excluding carboxylic acids is 1. The number of hydrogen-bond acceptors (Lipinski definition) is 3. The fourth-order valence-electron chi connectivity index (χ4n) is 0.993. The SMILES string of the molecule is CC[C@@H](NC(=O)C(N)C(C)(C)C)C(=O)O. The van der Waals surface area contributed by atoms with Gasteiger partial charge in [-0.15, -0.1) is 0 Å². The molecule has 5 nitrogen and oxygen atoms in total. The molecule has 0 fully saturated rings. The van der Waals surface area contributed by atoms with Crippen LogP contribution >= 0.6 is 0 Å². The van der Waals surface area contributed by atoms with Gasteiger partial charge in [0.15, 0.2) is 0 Å². The van der Waals surface area contributed by atoms with Crippen LogP contribution < -0.4 is 11.1 Å². The van der Waals surface area contributed by atoms with Crippen LogP contribution in [0, 0.1) is 5.41 Å². The van der Waals surface area contributed by atoms with E-state index in [9.17, 15) is 9.59 Å². The van der Waals surface area contributed by atoms with E-state index in [1.54, 1.807) is 6.92 Å². The summed E-state index contributed by atoms with van der Waals surface area (Å²) in [7, 11) is 0. The van der Waals surface area contributed by atoms with Gasteiger partial charge in [0, 0.05) is 0 Å². The maximum Gasteiger partial charge on any atom is 0.326 e. The molecule has 0 bridgehead atoms. The molecule has 0 heterocycles. The highest BCUT2D eigenvalue weighted by Crippen LogP contribution is 2.17. The van der Waals surface area contributed by atoms with Crippen molar-refractivity contribution in [1.82, 2.24) is 5.32 Å². The summed E-state index contributed by atoms with van der Waals surface area (Å²) >= 11 is 0. The number of nitrogens with one attached hydrogen (secondary N) is 1. The Morgan fingerprint density at radius 2 is 1.87 bits per heavy atom. The molecule has 4 N–H and O–H groups in total. The topological polar surface area (TPSA) is 92.4 Å². The summed E-state index contributed by atoms with van der Waals surface area (Å²) in [6.45, 7) is 7.19. The van der Waals surface area contributed by atoms with Gasteiger partial charge in [-0.25, -0.2) is 4.79 Å². The molecule has 2 atom stereocenters. The third-order valence-corrected chi connectivity index (χ3v) is 2.24. The first-order chi connectivity index (χ1) is 6.70. The standard InChI is InChI=1S/C10H20N2O3/c1-5-6(9(14)15)12-8(13)7(11)10(2,3)4/h6-7H,5,11H2,1-4H3,(H,12,13)(H,14,15)/t6-,7?/m1/s1. The third-order valence-electron chi connectivity index (χ3n) is 2.24. The normalized spacial score (nSPS) is 15.5. The molecule has 0 rings (SSSR count). The lowest BCUT2D eigenvalue weighted by atomic mass is 9.87. The molecule has 0 aliphatic rings. The summed E-state index contributed by atoms with van der Waals surface area (Å²) in [5.41, 5.74) is 5.32. The summed E-state index contributed by atoms with van der Waals surface area (Å²) < 4.78 is 0. The first-order valence-electron chi connectivity index (χ1n) is 4.99. The van der Waals surface area contributed by atoms with Gasteiger partial charge in [0.05, 0.1) is 6.04 Å².